The van der Waals surface area contributed by atoms with Crippen LogP contribution < -0.4 is 5.32 Å². The molecule has 5 heteroatoms. The van der Waals surface area contributed by atoms with Crippen molar-refractivity contribution in [3.63, 3.8) is 0 Å². The predicted octanol–water partition coefficient (Wildman–Crippen LogP) is 1.18. The number of thiophene rings is 1. The molecule has 0 radical (unpaired) electrons. The smallest absolute Gasteiger partial charge is 0.334 e. The van der Waals surface area contributed by atoms with E-state index in [0.29, 0.717) is 4.88 Å². The van der Waals surface area contributed by atoms with Crippen molar-refractivity contribution in [1.29, 1.82) is 0 Å². The highest BCUT2D eigenvalue weighted by Crippen LogP contribution is 2.25. The SMILES string of the molecule is CC(=O)NC(C)(C(=O)O)c1cccs1. The standard InChI is InChI=1S/C9H11NO3S/c1-6(11)10-9(2,8(12)13)7-4-3-5-14-7/h3-5H,1-2H3,(H,10,11)(H,12,13). The van der Waals surface area contributed by atoms with Crippen LogP contribution in [0.2, 0.25) is 0 Å². The van der Waals surface area contributed by atoms with E-state index in [0.717, 1.165) is 0 Å². The van der Waals surface area contributed by atoms with Gasteiger partial charge in [-0.15, -0.1) is 11.3 Å². The second-order valence-corrected chi connectivity index (χ2v) is 4.04. The van der Waals surface area contributed by atoms with Gasteiger partial charge in [0.2, 0.25) is 5.91 Å². The average molecular weight is 213 g/mol. The van der Waals surface area contributed by atoms with Crippen LogP contribution in [0.3, 0.4) is 0 Å². The molecule has 0 aliphatic rings. The molecule has 1 aromatic rings. The summed E-state index contributed by atoms with van der Waals surface area (Å²) in [6, 6.07) is 3.44. The summed E-state index contributed by atoms with van der Waals surface area (Å²) in [5.41, 5.74) is -1.32. The summed E-state index contributed by atoms with van der Waals surface area (Å²) in [6.07, 6.45) is 0. The molecule has 0 aliphatic heterocycles. The molecule has 0 fully saturated rings. The highest BCUT2D eigenvalue weighted by molar-refractivity contribution is 7.10. The van der Waals surface area contributed by atoms with E-state index < -0.39 is 11.5 Å². The van der Waals surface area contributed by atoms with Gasteiger partial charge in [-0.25, -0.2) is 4.79 Å². The Morgan fingerprint density at radius 2 is 2.21 bits per heavy atom. The van der Waals surface area contributed by atoms with Gasteiger partial charge in [-0.3, -0.25) is 4.79 Å². The third-order valence-corrected chi connectivity index (χ3v) is 2.96. The molecule has 0 saturated carbocycles. The lowest BCUT2D eigenvalue weighted by atomic mass is 10.0. The van der Waals surface area contributed by atoms with Crippen LogP contribution in [0.5, 0.6) is 0 Å². The second-order valence-electron chi connectivity index (χ2n) is 3.09. The van der Waals surface area contributed by atoms with Crippen molar-refractivity contribution in [2.75, 3.05) is 0 Å². The number of carbonyl (C=O) groups is 2. The number of hydrogen-bond donors (Lipinski definition) is 2. The van der Waals surface area contributed by atoms with Gasteiger partial charge in [-0.1, -0.05) is 6.07 Å². The molecule has 4 nitrogen and oxygen atoms in total. The molecular weight excluding hydrogens is 202 g/mol. The first-order valence-electron chi connectivity index (χ1n) is 4.03. The Balaban J connectivity index is 3.05. The van der Waals surface area contributed by atoms with Crippen molar-refractivity contribution in [3.05, 3.63) is 22.4 Å². The summed E-state index contributed by atoms with van der Waals surface area (Å²) in [6.45, 7) is 2.78. The van der Waals surface area contributed by atoms with Gasteiger partial charge >= 0.3 is 5.97 Å². The van der Waals surface area contributed by atoms with Crippen molar-refractivity contribution < 1.29 is 14.7 Å². The van der Waals surface area contributed by atoms with E-state index in [2.05, 4.69) is 5.32 Å². The van der Waals surface area contributed by atoms with Crippen molar-refractivity contribution in [1.82, 2.24) is 5.32 Å². The molecule has 2 N–H and O–H groups in total. The molecule has 1 rings (SSSR count). The molecule has 0 bridgehead atoms. The van der Waals surface area contributed by atoms with Crippen LogP contribution in [-0.2, 0) is 15.1 Å². The number of hydrogen-bond acceptors (Lipinski definition) is 3. The third-order valence-electron chi connectivity index (χ3n) is 1.87. The van der Waals surface area contributed by atoms with Crippen LogP contribution in [-0.4, -0.2) is 17.0 Å². The molecule has 1 unspecified atom stereocenters. The number of nitrogens with one attached hydrogen (secondary N) is 1. The minimum Gasteiger partial charge on any atom is -0.479 e. The van der Waals surface area contributed by atoms with Crippen LogP contribution in [0.15, 0.2) is 17.5 Å². The number of carboxylic acid groups (broad SMARTS) is 1. The Hall–Kier alpha value is -1.36. The maximum absolute atomic E-state index is 11.0. The summed E-state index contributed by atoms with van der Waals surface area (Å²) in [5, 5.41) is 13.3. The van der Waals surface area contributed by atoms with Crippen LogP contribution in [0, 0.1) is 0 Å². The first kappa shape index (κ1) is 10.7. The van der Waals surface area contributed by atoms with Crippen LogP contribution in [0.4, 0.5) is 0 Å². The van der Waals surface area contributed by atoms with Gasteiger partial charge in [0, 0.05) is 11.8 Å². The quantitative estimate of drug-likeness (QED) is 0.792. The summed E-state index contributed by atoms with van der Waals surface area (Å²) in [7, 11) is 0. The van der Waals surface area contributed by atoms with Gasteiger partial charge in [0.25, 0.3) is 0 Å². The fourth-order valence-electron chi connectivity index (χ4n) is 1.14. The maximum atomic E-state index is 11.0. The highest BCUT2D eigenvalue weighted by atomic mass is 32.1. The first-order chi connectivity index (χ1) is 6.47. The van der Waals surface area contributed by atoms with E-state index in [1.54, 1.807) is 17.5 Å². The van der Waals surface area contributed by atoms with Gasteiger partial charge in [0.15, 0.2) is 5.54 Å². The fourth-order valence-corrected chi connectivity index (χ4v) is 1.97. The van der Waals surface area contributed by atoms with Crippen LogP contribution in [0.25, 0.3) is 0 Å². The number of aliphatic carboxylic acids is 1. The van der Waals surface area contributed by atoms with Crippen molar-refractivity contribution in [2.24, 2.45) is 0 Å². The zero-order chi connectivity index (χ0) is 10.8. The molecular formula is C9H11NO3S. The van der Waals surface area contributed by atoms with Crippen molar-refractivity contribution >= 4 is 23.2 Å². The monoisotopic (exact) mass is 213 g/mol. The first-order valence-corrected chi connectivity index (χ1v) is 4.91. The lowest BCUT2D eigenvalue weighted by Crippen LogP contribution is -2.48. The number of amides is 1. The molecule has 0 aromatic carbocycles. The van der Waals surface area contributed by atoms with Crippen molar-refractivity contribution in [2.45, 2.75) is 19.4 Å². The molecule has 14 heavy (non-hydrogen) atoms. The lowest BCUT2D eigenvalue weighted by molar-refractivity contribution is -0.146. The number of carbonyl (C=O) groups excluding carboxylic acids is 1. The second kappa shape index (κ2) is 3.79. The molecule has 1 atom stereocenters. The Kier molecular flexibility index (Phi) is 2.90. The minimum absolute atomic E-state index is 0.358. The molecule has 0 spiro atoms. The Morgan fingerprint density at radius 3 is 2.57 bits per heavy atom. The van der Waals surface area contributed by atoms with E-state index in [-0.39, 0.29) is 5.91 Å². The molecule has 0 aliphatic carbocycles. The molecule has 1 amide bonds. The van der Waals surface area contributed by atoms with Crippen molar-refractivity contribution in [3.8, 4) is 0 Å². The largest absolute Gasteiger partial charge is 0.479 e. The summed E-state index contributed by atoms with van der Waals surface area (Å²) in [5.74, 6) is -1.42. The van der Waals surface area contributed by atoms with Gasteiger partial charge < -0.3 is 10.4 Å². The summed E-state index contributed by atoms with van der Waals surface area (Å²) in [4.78, 5) is 22.5. The predicted molar refractivity (Wildman–Crippen MR) is 53.1 cm³/mol. The fraction of sp³-hybridized carbons (Fsp3) is 0.333. The van der Waals surface area contributed by atoms with Crippen LogP contribution in [0.1, 0.15) is 18.7 Å². The van der Waals surface area contributed by atoms with Crippen LogP contribution >= 0.6 is 11.3 Å². The van der Waals surface area contributed by atoms with E-state index in [4.69, 9.17) is 5.11 Å². The normalized spacial score (nSPS) is 14.4. The number of carboxylic acids is 1. The summed E-state index contributed by atoms with van der Waals surface area (Å²) < 4.78 is 0. The zero-order valence-corrected chi connectivity index (χ0v) is 8.72. The molecule has 76 valence electrons. The minimum atomic E-state index is -1.32. The van der Waals surface area contributed by atoms with Gasteiger partial charge in [-0.05, 0) is 18.4 Å². The van der Waals surface area contributed by atoms with Gasteiger partial charge in [-0.2, -0.15) is 0 Å². The van der Waals surface area contributed by atoms with Gasteiger partial charge in [0.1, 0.15) is 0 Å². The average Bonchev–Trinajstić information content (AvgIpc) is 2.53. The molecule has 1 heterocycles. The number of rotatable bonds is 3. The third kappa shape index (κ3) is 1.93. The van der Waals surface area contributed by atoms with E-state index in [9.17, 15) is 9.59 Å². The maximum Gasteiger partial charge on any atom is 0.334 e. The van der Waals surface area contributed by atoms with E-state index >= 15 is 0 Å². The molecule has 1 aromatic heterocycles. The lowest BCUT2D eigenvalue weighted by Gasteiger charge is -2.24. The molecule has 0 saturated heterocycles. The van der Waals surface area contributed by atoms with E-state index in [1.807, 2.05) is 0 Å². The zero-order valence-electron chi connectivity index (χ0n) is 7.90. The summed E-state index contributed by atoms with van der Waals surface area (Å²) >= 11 is 1.30. The van der Waals surface area contributed by atoms with E-state index in [1.165, 1.54) is 25.2 Å². The Bertz CT molecular complexity index is 347. The topological polar surface area (TPSA) is 66.4 Å². The highest BCUT2D eigenvalue weighted by Gasteiger charge is 2.36. The Labute approximate surface area is 85.6 Å². The Morgan fingerprint density at radius 1 is 1.57 bits per heavy atom. The van der Waals surface area contributed by atoms with Gasteiger partial charge in [0.05, 0.1) is 0 Å².